The highest BCUT2D eigenvalue weighted by Gasteiger charge is 2.29. The molecule has 0 saturated carbocycles. The van der Waals surface area contributed by atoms with E-state index in [0.717, 1.165) is 74.4 Å². The number of nitrogens with zero attached hydrogens (tertiary/aromatic N) is 3. The summed E-state index contributed by atoms with van der Waals surface area (Å²) in [5, 5.41) is 2.85. The third kappa shape index (κ3) is 6.98. The third-order valence-electron chi connectivity index (χ3n) is 11.5. The highest BCUT2D eigenvalue weighted by atomic mass is 15.0. The Bertz CT molecular complexity index is 2180. The summed E-state index contributed by atoms with van der Waals surface area (Å²) >= 11 is 0. The van der Waals surface area contributed by atoms with Gasteiger partial charge in [-0.25, -0.2) is 15.0 Å². The van der Waals surface area contributed by atoms with Crippen molar-refractivity contribution in [3.63, 3.8) is 0 Å². The van der Waals surface area contributed by atoms with Crippen molar-refractivity contribution in [1.82, 2.24) is 15.0 Å². The summed E-state index contributed by atoms with van der Waals surface area (Å²) in [4.78, 5) is 15.7. The van der Waals surface area contributed by atoms with Crippen LogP contribution in [0.4, 0.5) is 0 Å². The molecule has 3 nitrogen and oxygen atoms in total. The van der Waals surface area contributed by atoms with Gasteiger partial charge in [0.1, 0.15) is 5.82 Å². The Morgan fingerprint density at radius 2 is 1.73 bits per heavy atom. The van der Waals surface area contributed by atoms with E-state index in [1.165, 1.54) is 74.6 Å². The maximum atomic E-state index is 5.31. The van der Waals surface area contributed by atoms with Crippen molar-refractivity contribution in [1.29, 1.82) is 0 Å². The van der Waals surface area contributed by atoms with Crippen molar-refractivity contribution in [2.24, 2.45) is 0 Å². The molecule has 0 radical (unpaired) electrons. The van der Waals surface area contributed by atoms with E-state index in [-0.39, 0.29) is 11.8 Å². The Labute approximate surface area is 310 Å². The number of aromatic nitrogens is 3. The van der Waals surface area contributed by atoms with E-state index in [2.05, 4.69) is 130 Å². The van der Waals surface area contributed by atoms with Crippen LogP contribution in [0.5, 0.6) is 0 Å². The first-order chi connectivity index (χ1) is 25.6. The van der Waals surface area contributed by atoms with Crippen LogP contribution < -0.4 is 0 Å². The van der Waals surface area contributed by atoms with Crippen LogP contribution in [0.15, 0.2) is 121 Å². The normalized spacial score (nSPS) is 21.6. The van der Waals surface area contributed by atoms with Gasteiger partial charge in [0.05, 0.1) is 0 Å². The minimum Gasteiger partial charge on any atom is -0.213 e. The second-order valence-corrected chi connectivity index (χ2v) is 15.1. The fraction of sp³-hybridized carbons (Fsp3) is 0.327. The molecule has 0 aliphatic heterocycles. The molecule has 0 N–H and O–H groups in total. The Kier molecular flexibility index (Phi) is 10.1. The average molecular weight is 682 g/mol. The van der Waals surface area contributed by atoms with Gasteiger partial charge in [-0.1, -0.05) is 127 Å². The smallest absolute Gasteiger partial charge is 0.163 e. The van der Waals surface area contributed by atoms with E-state index in [4.69, 9.17) is 15.0 Å². The number of allylic oxidation sites excluding steroid dienone is 18. The van der Waals surface area contributed by atoms with E-state index in [1.54, 1.807) is 0 Å². The standard InChI is InChI=1S/C49H51N3/c1-4-17-39(31-34(3)35-18-8-5-9-19-35)48-50-47(37-22-12-7-13-23-37)51-49(52-48)40-25-16-24-38(32-40)46-42-27-15-14-26-41(42)45(36-20-10-6-11-21-36)44-30-33(2)28-29-43(44)46/h4-5,8,10,12,14,16-18,20,22-26,28-30,36,38-39H,3,6-7,9,11,13,15,19,21,27,31-32H2,1-2H3/b17-4-. The Morgan fingerprint density at radius 1 is 0.846 bits per heavy atom. The molecule has 8 rings (SSSR count). The molecule has 3 atom stereocenters. The van der Waals surface area contributed by atoms with Crippen molar-refractivity contribution in [3.05, 3.63) is 166 Å². The quantitative estimate of drug-likeness (QED) is 0.211. The van der Waals surface area contributed by atoms with Crippen LogP contribution in [0.2, 0.25) is 0 Å². The first-order valence-corrected chi connectivity index (χ1v) is 19.7. The fourth-order valence-electron chi connectivity index (χ4n) is 8.92. The Morgan fingerprint density at radius 3 is 2.54 bits per heavy atom. The summed E-state index contributed by atoms with van der Waals surface area (Å²) in [5.74, 6) is 3.12. The molecule has 262 valence electrons. The molecule has 3 aromatic rings. The topological polar surface area (TPSA) is 38.7 Å². The van der Waals surface area contributed by atoms with Gasteiger partial charge in [-0.2, -0.15) is 0 Å². The van der Waals surface area contributed by atoms with Crippen LogP contribution in [0.3, 0.4) is 0 Å². The summed E-state index contributed by atoms with van der Waals surface area (Å²) in [6, 6.07) is 7.17. The highest BCUT2D eigenvalue weighted by molar-refractivity contribution is 5.96. The number of benzene rings is 2. The van der Waals surface area contributed by atoms with Crippen LogP contribution in [0.1, 0.15) is 134 Å². The predicted octanol–water partition coefficient (Wildman–Crippen LogP) is 12.9. The summed E-state index contributed by atoms with van der Waals surface area (Å²) in [5.41, 5.74) is 12.1. The lowest BCUT2D eigenvalue weighted by Gasteiger charge is -2.31. The summed E-state index contributed by atoms with van der Waals surface area (Å²) in [6.07, 6.45) is 46.0. The first kappa shape index (κ1) is 34.2. The number of hydrogen-bond donors (Lipinski definition) is 0. The van der Waals surface area contributed by atoms with Gasteiger partial charge < -0.3 is 0 Å². The highest BCUT2D eigenvalue weighted by Crippen LogP contribution is 2.46. The van der Waals surface area contributed by atoms with Crippen molar-refractivity contribution in [2.75, 3.05) is 0 Å². The van der Waals surface area contributed by atoms with E-state index < -0.39 is 0 Å². The minimum absolute atomic E-state index is 0.0147. The Balaban J connectivity index is 1.21. The van der Waals surface area contributed by atoms with Gasteiger partial charge in [0, 0.05) is 23.3 Å². The second-order valence-electron chi connectivity index (χ2n) is 15.1. The van der Waals surface area contributed by atoms with Crippen LogP contribution in [-0.2, 0) is 6.42 Å². The molecule has 2 aromatic carbocycles. The van der Waals surface area contributed by atoms with Crippen LogP contribution in [0.25, 0.3) is 28.0 Å². The molecule has 5 aliphatic carbocycles. The SMILES string of the molecule is C=C(CC(/C=C\C)c1nc(C2=CCCC=C2)nc(C2=CC=CC(c3c4c(c(C5C=CCCC5)c5cc(C)ccc35)C=CCC4)C2)n1)C1=CC=CCC1. The zero-order valence-corrected chi connectivity index (χ0v) is 31.0. The van der Waals surface area contributed by atoms with Gasteiger partial charge in [0.25, 0.3) is 0 Å². The predicted molar refractivity (Wildman–Crippen MR) is 220 cm³/mol. The van der Waals surface area contributed by atoms with Crippen molar-refractivity contribution < 1.29 is 0 Å². The lowest BCUT2D eigenvalue weighted by Crippen LogP contribution is -2.15. The molecule has 0 fully saturated rings. The van der Waals surface area contributed by atoms with Crippen LogP contribution in [0, 0.1) is 6.92 Å². The molecule has 5 aliphatic rings. The van der Waals surface area contributed by atoms with Crippen molar-refractivity contribution in [3.8, 4) is 0 Å². The van der Waals surface area contributed by atoms with Gasteiger partial charge in [-0.3, -0.25) is 0 Å². The summed E-state index contributed by atoms with van der Waals surface area (Å²) < 4.78 is 0. The lowest BCUT2D eigenvalue weighted by atomic mass is 9.73. The molecule has 0 bridgehead atoms. The van der Waals surface area contributed by atoms with Gasteiger partial charge in [-0.15, -0.1) is 0 Å². The maximum absolute atomic E-state index is 5.31. The number of fused-ring (bicyclic) bond motifs is 2. The lowest BCUT2D eigenvalue weighted by molar-refractivity contribution is 0.655. The molecular weight excluding hydrogens is 631 g/mol. The summed E-state index contributed by atoms with van der Waals surface area (Å²) in [7, 11) is 0. The van der Waals surface area contributed by atoms with E-state index in [9.17, 15) is 0 Å². The maximum Gasteiger partial charge on any atom is 0.163 e. The van der Waals surface area contributed by atoms with Gasteiger partial charge >= 0.3 is 0 Å². The third-order valence-corrected chi connectivity index (χ3v) is 11.5. The second kappa shape index (κ2) is 15.4. The molecule has 3 unspecified atom stereocenters. The first-order valence-electron chi connectivity index (χ1n) is 19.7. The van der Waals surface area contributed by atoms with E-state index >= 15 is 0 Å². The molecule has 0 saturated heterocycles. The average Bonchev–Trinajstić information content (AvgIpc) is 3.20. The van der Waals surface area contributed by atoms with Crippen LogP contribution >= 0.6 is 0 Å². The Hall–Kier alpha value is -4.89. The summed E-state index contributed by atoms with van der Waals surface area (Å²) in [6.45, 7) is 8.86. The van der Waals surface area contributed by atoms with E-state index in [1.807, 2.05) is 0 Å². The largest absolute Gasteiger partial charge is 0.213 e. The molecule has 0 amide bonds. The van der Waals surface area contributed by atoms with Gasteiger partial charge in [0.2, 0.25) is 0 Å². The zero-order chi connectivity index (χ0) is 35.4. The molecule has 3 heteroatoms. The van der Waals surface area contributed by atoms with Crippen LogP contribution in [-0.4, -0.2) is 15.0 Å². The minimum atomic E-state index is 0.0147. The molecule has 1 aromatic heterocycles. The molecule has 0 spiro atoms. The number of hydrogen-bond acceptors (Lipinski definition) is 3. The number of rotatable bonds is 9. The fourth-order valence-corrected chi connectivity index (χ4v) is 8.92. The zero-order valence-electron chi connectivity index (χ0n) is 31.0. The monoisotopic (exact) mass is 681 g/mol. The van der Waals surface area contributed by atoms with Gasteiger partial charge in [-0.05, 0) is 129 Å². The molecule has 52 heavy (non-hydrogen) atoms. The van der Waals surface area contributed by atoms with Crippen molar-refractivity contribution in [2.45, 2.75) is 102 Å². The molecule has 1 heterocycles. The molecular formula is C49H51N3. The van der Waals surface area contributed by atoms with E-state index in [0.29, 0.717) is 5.92 Å². The number of aryl methyl sites for hydroxylation is 1. The van der Waals surface area contributed by atoms with Crippen molar-refractivity contribution >= 4 is 28.0 Å². The van der Waals surface area contributed by atoms with Gasteiger partial charge in [0.15, 0.2) is 11.6 Å².